The molecule has 0 spiro atoms. The van der Waals surface area contributed by atoms with Crippen molar-refractivity contribution in [3.63, 3.8) is 0 Å². The SMILES string of the molecule is CC(N)CCN(C)S(=O)(=O)CCS(C)(=O)=O. The molecule has 0 aromatic rings. The highest BCUT2D eigenvalue weighted by Crippen LogP contribution is 2.02. The second-order valence-corrected chi connectivity index (χ2v) is 8.49. The highest BCUT2D eigenvalue weighted by Gasteiger charge is 2.19. The van der Waals surface area contributed by atoms with Gasteiger partial charge in [-0.2, -0.15) is 0 Å². The maximum atomic E-state index is 11.6. The molecule has 6 nitrogen and oxygen atoms in total. The van der Waals surface area contributed by atoms with Crippen LogP contribution in [0.4, 0.5) is 0 Å². The largest absolute Gasteiger partial charge is 0.328 e. The fraction of sp³-hybridized carbons (Fsp3) is 1.00. The van der Waals surface area contributed by atoms with Crippen LogP contribution in [0.25, 0.3) is 0 Å². The Morgan fingerprint density at radius 2 is 1.69 bits per heavy atom. The lowest BCUT2D eigenvalue weighted by Crippen LogP contribution is -2.34. The summed E-state index contributed by atoms with van der Waals surface area (Å²) in [6.07, 6.45) is 1.57. The van der Waals surface area contributed by atoms with E-state index < -0.39 is 19.9 Å². The molecule has 2 N–H and O–H groups in total. The Bertz CT molecular complexity index is 400. The van der Waals surface area contributed by atoms with E-state index in [9.17, 15) is 16.8 Å². The molecule has 1 atom stereocenters. The van der Waals surface area contributed by atoms with Crippen LogP contribution in [-0.2, 0) is 19.9 Å². The van der Waals surface area contributed by atoms with Gasteiger partial charge in [0.25, 0.3) is 0 Å². The predicted molar refractivity (Wildman–Crippen MR) is 64.4 cm³/mol. The summed E-state index contributed by atoms with van der Waals surface area (Å²) in [4.78, 5) is 0. The fourth-order valence-electron chi connectivity index (χ4n) is 0.937. The molecule has 0 heterocycles. The molecule has 0 aromatic carbocycles. The van der Waals surface area contributed by atoms with E-state index in [0.717, 1.165) is 10.6 Å². The fourth-order valence-corrected chi connectivity index (χ4v) is 3.69. The average Bonchev–Trinajstić information content (AvgIpc) is 2.10. The van der Waals surface area contributed by atoms with Gasteiger partial charge >= 0.3 is 0 Å². The molecule has 0 rings (SSSR count). The minimum Gasteiger partial charge on any atom is -0.328 e. The van der Waals surface area contributed by atoms with Gasteiger partial charge in [-0.15, -0.1) is 0 Å². The first-order chi connectivity index (χ1) is 7.04. The summed E-state index contributed by atoms with van der Waals surface area (Å²) in [5, 5.41) is 0. The number of hydrogen-bond acceptors (Lipinski definition) is 5. The molecule has 0 saturated heterocycles. The first-order valence-electron chi connectivity index (χ1n) is 4.92. The normalized spacial score (nSPS) is 15.3. The van der Waals surface area contributed by atoms with Gasteiger partial charge < -0.3 is 5.73 Å². The summed E-state index contributed by atoms with van der Waals surface area (Å²) >= 11 is 0. The number of rotatable bonds is 7. The number of nitrogens with zero attached hydrogens (tertiary/aromatic N) is 1. The Morgan fingerprint density at radius 3 is 2.06 bits per heavy atom. The molecule has 0 bridgehead atoms. The van der Waals surface area contributed by atoms with Crippen molar-refractivity contribution in [2.24, 2.45) is 5.73 Å². The third-order valence-electron chi connectivity index (χ3n) is 2.09. The van der Waals surface area contributed by atoms with Crippen LogP contribution in [0.3, 0.4) is 0 Å². The molecule has 1 unspecified atom stereocenters. The lowest BCUT2D eigenvalue weighted by Gasteiger charge is -2.17. The van der Waals surface area contributed by atoms with Crippen molar-refractivity contribution in [2.45, 2.75) is 19.4 Å². The molecule has 0 aromatic heterocycles. The number of hydrogen-bond donors (Lipinski definition) is 1. The molecule has 0 aliphatic carbocycles. The van der Waals surface area contributed by atoms with E-state index in [1.54, 1.807) is 6.92 Å². The maximum absolute atomic E-state index is 11.6. The van der Waals surface area contributed by atoms with Crippen LogP contribution in [0.15, 0.2) is 0 Å². The van der Waals surface area contributed by atoms with Gasteiger partial charge in [0.05, 0.1) is 11.5 Å². The van der Waals surface area contributed by atoms with Gasteiger partial charge in [0, 0.05) is 25.9 Å². The van der Waals surface area contributed by atoms with Crippen LogP contribution in [-0.4, -0.2) is 58.5 Å². The molecule has 0 radical (unpaired) electrons. The predicted octanol–water partition coefficient (Wildman–Crippen LogP) is -0.970. The van der Waals surface area contributed by atoms with Crippen molar-refractivity contribution >= 4 is 19.9 Å². The van der Waals surface area contributed by atoms with Crippen LogP contribution in [0.1, 0.15) is 13.3 Å². The standard InChI is InChI=1S/C8H20N2O4S2/c1-8(9)4-5-10(2)16(13,14)7-6-15(3,11)12/h8H,4-7,9H2,1-3H3. The molecular weight excluding hydrogens is 252 g/mol. The molecule has 0 fully saturated rings. The van der Waals surface area contributed by atoms with E-state index in [0.29, 0.717) is 13.0 Å². The van der Waals surface area contributed by atoms with Crippen molar-refractivity contribution in [1.82, 2.24) is 4.31 Å². The molecule has 8 heteroatoms. The molecule has 98 valence electrons. The number of sulfone groups is 1. The zero-order valence-corrected chi connectivity index (χ0v) is 11.5. The van der Waals surface area contributed by atoms with Gasteiger partial charge in [0.15, 0.2) is 0 Å². The minimum atomic E-state index is -3.49. The van der Waals surface area contributed by atoms with E-state index in [-0.39, 0.29) is 17.5 Å². The highest BCUT2D eigenvalue weighted by molar-refractivity contribution is 7.93. The van der Waals surface area contributed by atoms with Gasteiger partial charge in [-0.05, 0) is 13.3 Å². The molecule has 0 amide bonds. The zero-order chi connectivity index (χ0) is 13.0. The van der Waals surface area contributed by atoms with Crippen molar-refractivity contribution < 1.29 is 16.8 Å². The van der Waals surface area contributed by atoms with Crippen molar-refractivity contribution in [3.8, 4) is 0 Å². The van der Waals surface area contributed by atoms with Crippen LogP contribution >= 0.6 is 0 Å². The summed E-state index contributed by atoms with van der Waals surface area (Å²) in [5.74, 6) is -0.723. The molecular formula is C8H20N2O4S2. The molecule has 16 heavy (non-hydrogen) atoms. The Kier molecular flexibility index (Phi) is 5.88. The minimum absolute atomic E-state index is 0.0763. The maximum Gasteiger partial charge on any atom is 0.214 e. The van der Waals surface area contributed by atoms with Gasteiger partial charge in [0.2, 0.25) is 10.0 Å². The van der Waals surface area contributed by atoms with Crippen molar-refractivity contribution in [2.75, 3.05) is 31.4 Å². The van der Waals surface area contributed by atoms with E-state index in [4.69, 9.17) is 5.73 Å². The van der Waals surface area contributed by atoms with E-state index in [2.05, 4.69) is 0 Å². The Hall–Kier alpha value is -0.180. The first kappa shape index (κ1) is 15.8. The monoisotopic (exact) mass is 272 g/mol. The second kappa shape index (κ2) is 5.95. The van der Waals surface area contributed by atoms with Gasteiger partial charge in [0.1, 0.15) is 9.84 Å². The summed E-state index contributed by atoms with van der Waals surface area (Å²) in [6, 6.07) is -0.0763. The Balaban J connectivity index is 4.33. The Morgan fingerprint density at radius 1 is 1.19 bits per heavy atom. The summed E-state index contributed by atoms with van der Waals surface area (Å²) in [5.41, 5.74) is 5.51. The number of sulfonamides is 1. The summed E-state index contributed by atoms with van der Waals surface area (Å²) < 4.78 is 46.1. The van der Waals surface area contributed by atoms with Crippen LogP contribution in [0, 0.1) is 0 Å². The van der Waals surface area contributed by atoms with E-state index >= 15 is 0 Å². The molecule has 0 aliphatic heterocycles. The van der Waals surface area contributed by atoms with Crippen molar-refractivity contribution in [1.29, 1.82) is 0 Å². The topological polar surface area (TPSA) is 97.5 Å². The first-order valence-corrected chi connectivity index (χ1v) is 8.59. The quantitative estimate of drug-likeness (QED) is 0.643. The molecule has 0 aliphatic rings. The third-order valence-corrected chi connectivity index (χ3v) is 5.14. The average molecular weight is 272 g/mol. The zero-order valence-electron chi connectivity index (χ0n) is 9.88. The van der Waals surface area contributed by atoms with Gasteiger partial charge in [-0.1, -0.05) is 0 Å². The second-order valence-electron chi connectivity index (χ2n) is 4.03. The molecule has 0 saturated carbocycles. The van der Waals surface area contributed by atoms with E-state index in [1.165, 1.54) is 7.05 Å². The number of nitrogens with two attached hydrogens (primary N) is 1. The van der Waals surface area contributed by atoms with E-state index in [1.807, 2.05) is 0 Å². The lowest BCUT2D eigenvalue weighted by atomic mass is 10.2. The summed E-state index contributed by atoms with van der Waals surface area (Å²) in [7, 11) is -5.31. The van der Waals surface area contributed by atoms with Crippen molar-refractivity contribution in [3.05, 3.63) is 0 Å². The lowest BCUT2D eigenvalue weighted by molar-refractivity contribution is 0.447. The van der Waals surface area contributed by atoms with Crippen LogP contribution < -0.4 is 5.73 Å². The third kappa shape index (κ3) is 7.15. The highest BCUT2D eigenvalue weighted by atomic mass is 32.2. The van der Waals surface area contributed by atoms with Gasteiger partial charge in [-0.3, -0.25) is 0 Å². The smallest absolute Gasteiger partial charge is 0.214 e. The van der Waals surface area contributed by atoms with Crippen LogP contribution in [0.2, 0.25) is 0 Å². The van der Waals surface area contributed by atoms with Crippen LogP contribution in [0.5, 0.6) is 0 Å². The van der Waals surface area contributed by atoms with Gasteiger partial charge in [-0.25, -0.2) is 21.1 Å². The Labute approximate surface area is 97.8 Å². The summed E-state index contributed by atoms with van der Waals surface area (Å²) in [6.45, 7) is 2.10.